The summed E-state index contributed by atoms with van der Waals surface area (Å²) in [5.74, 6) is 0.775. The first-order valence-corrected chi connectivity index (χ1v) is 11.3. The minimum Gasteiger partial charge on any atom is -0.342 e. The molecule has 0 spiro atoms. The minimum absolute atomic E-state index is 0.217. The van der Waals surface area contributed by atoms with Crippen molar-refractivity contribution in [3.8, 4) is 0 Å². The molecule has 0 atom stereocenters. The summed E-state index contributed by atoms with van der Waals surface area (Å²) in [5.41, 5.74) is 2.62. The monoisotopic (exact) mass is 441 g/mol. The molecule has 0 saturated carbocycles. The summed E-state index contributed by atoms with van der Waals surface area (Å²) in [6, 6.07) is 20.2. The van der Waals surface area contributed by atoms with Gasteiger partial charge in [0.25, 0.3) is 5.56 Å². The molecule has 0 aliphatic carbocycles. The van der Waals surface area contributed by atoms with Crippen LogP contribution in [-0.2, 0) is 26.6 Å². The van der Waals surface area contributed by atoms with E-state index in [4.69, 9.17) is 4.98 Å². The summed E-state index contributed by atoms with van der Waals surface area (Å²) in [6.45, 7) is 2.64. The zero-order chi connectivity index (χ0) is 22.8. The predicted octanol–water partition coefficient (Wildman–Crippen LogP) is 3.06. The molecule has 0 bridgehead atoms. The third-order valence-electron chi connectivity index (χ3n) is 6.22. The summed E-state index contributed by atoms with van der Waals surface area (Å²) in [6.07, 6.45) is 5.61. The number of hydrogen-bond donors (Lipinski definition) is 0. The largest absolute Gasteiger partial charge is 0.342 e. The topological polar surface area (TPSA) is 65.1 Å². The molecule has 1 aliphatic rings. The van der Waals surface area contributed by atoms with E-state index in [1.165, 1.54) is 14.7 Å². The van der Waals surface area contributed by atoms with Gasteiger partial charge in [-0.2, -0.15) is 4.98 Å². The van der Waals surface area contributed by atoms with Crippen LogP contribution in [0.15, 0.2) is 76.3 Å². The highest BCUT2D eigenvalue weighted by atomic mass is 16.2. The van der Waals surface area contributed by atoms with Gasteiger partial charge in [0, 0.05) is 33.2 Å². The third kappa shape index (κ3) is 4.02. The molecule has 0 radical (unpaired) electrons. The van der Waals surface area contributed by atoms with Crippen LogP contribution in [0, 0.1) is 0 Å². The van der Waals surface area contributed by atoms with Gasteiger partial charge >= 0.3 is 5.69 Å². The molecule has 0 saturated heterocycles. The molecule has 0 unspecified atom stereocenters. The van der Waals surface area contributed by atoms with Crippen LogP contribution in [0.3, 0.4) is 0 Å². The average molecular weight is 442 g/mol. The van der Waals surface area contributed by atoms with E-state index in [1.54, 1.807) is 7.05 Å². The van der Waals surface area contributed by atoms with E-state index in [1.807, 2.05) is 65.3 Å². The van der Waals surface area contributed by atoms with Gasteiger partial charge in [-0.15, -0.1) is 0 Å². The van der Waals surface area contributed by atoms with Gasteiger partial charge in [0.05, 0.1) is 0 Å². The Balaban J connectivity index is 1.49. The second kappa shape index (κ2) is 8.94. The van der Waals surface area contributed by atoms with E-state index in [0.29, 0.717) is 11.2 Å². The molecule has 1 aliphatic heterocycles. The molecular formula is C26H27N5O2. The number of aromatic nitrogens is 4. The number of fused-ring (bicyclic) bond motifs is 3. The molecule has 3 heterocycles. The minimum atomic E-state index is -0.350. The van der Waals surface area contributed by atoms with Gasteiger partial charge in [0.2, 0.25) is 5.95 Å². The normalized spacial score (nSPS) is 13.7. The molecule has 33 heavy (non-hydrogen) atoms. The Labute approximate surface area is 191 Å². The van der Waals surface area contributed by atoms with E-state index in [0.717, 1.165) is 44.0 Å². The number of imidazole rings is 1. The van der Waals surface area contributed by atoms with Crippen LogP contribution in [0.5, 0.6) is 0 Å². The molecule has 7 nitrogen and oxygen atoms in total. The second-order valence-electron chi connectivity index (χ2n) is 8.38. The number of rotatable bonds is 6. The van der Waals surface area contributed by atoms with E-state index in [-0.39, 0.29) is 17.8 Å². The van der Waals surface area contributed by atoms with Crippen LogP contribution in [-0.4, -0.2) is 31.8 Å². The van der Waals surface area contributed by atoms with Crippen LogP contribution in [0.25, 0.3) is 17.2 Å². The predicted molar refractivity (Wildman–Crippen MR) is 132 cm³/mol. The fourth-order valence-electron chi connectivity index (χ4n) is 4.47. The smallest absolute Gasteiger partial charge is 0.332 e. The van der Waals surface area contributed by atoms with Crippen molar-refractivity contribution in [3.63, 3.8) is 0 Å². The molecule has 0 N–H and O–H groups in total. The first kappa shape index (κ1) is 21.0. The number of nitrogens with zero attached hydrogens (tertiary/aromatic N) is 5. The van der Waals surface area contributed by atoms with Crippen molar-refractivity contribution in [1.29, 1.82) is 0 Å². The van der Waals surface area contributed by atoms with Gasteiger partial charge in [0.15, 0.2) is 11.2 Å². The molecular weight excluding hydrogens is 414 g/mol. The van der Waals surface area contributed by atoms with E-state index >= 15 is 0 Å². The molecule has 168 valence electrons. The SMILES string of the molecule is Cn1c(=O)n(C/C=C/c2ccccc2)c(=O)c2c1nc1n2CCCN1CCc1ccccc1. The number of anilines is 1. The van der Waals surface area contributed by atoms with Crippen LogP contribution in [0.1, 0.15) is 17.5 Å². The Kier molecular flexibility index (Phi) is 5.69. The van der Waals surface area contributed by atoms with E-state index in [2.05, 4.69) is 17.0 Å². The first-order valence-electron chi connectivity index (χ1n) is 11.3. The number of hydrogen-bond acceptors (Lipinski definition) is 4. The highest BCUT2D eigenvalue weighted by molar-refractivity contribution is 5.75. The van der Waals surface area contributed by atoms with Gasteiger partial charge in [-0.25, -0.2) is 4.79 Å². The summed E-state index contributed by atoms with van der Waals surface area (Å²) in [4.78, 5) is 33.4. The fraction of sp³-hybridized carbons (Fsp3) is 0.269. The second-order valence-corrected chi connectivity index (χ2v) is 8.38. The van der Waals surface area contributed by atoms with Gasteiger partial charge in [-0.3, -0.25) is 13.9 Å². The summed E-state index contributed by atoms with van der Waals surface area (Å²) in [7, 11) is 1.69. The quantitative estimate of drug-likeness (QED) is 0.461. The van der Waals surface area contributed by atoms with Crippen molar-refractivity contribution in [2.75, 3.05) is 18.0 Å². The lowest BCUT2D eigenvalue weighted by Crippen LogP contribution is -2.40. The standard InChI is InChI=1S/C26H27N5O2/c1-28-23-22(24(32)31(26(28)33)17-8-14-20-10-4-2-5-11-20)30-18-9-16-29(25(30)27-23)19-15-21-12-6-3-7-13-21/h2-8,10-14H,9,15-19H2,1H3/b14-8+. The lowest BCUT2D eigenvalue weighted by molar-refractivity contribution is 0.562. The van der Waals surface area contributed by atoms with Gasteiger partial charge < -0.3 is 9.47 Å². The van der Waals surface area contributed by atoms with Gasteiger partial charge in [0.1, 0.15) is 0 Å². The number of benzene rings is 2. The molecule has 2 aromatic heterocycles. The van der Waals surface area contributed by atoms with Gasteiger partial charge in [-0.1, -0.05) is 72.8 Å². The van der Waals surface area contributed by atoms with Gasteiger partial charge in [-0.05, 0) is 24.0 Å². The fourth-order valence-corrected chi connectivity index (χ4v) is 4.47. The molecule has 0 amide bonds. The zero-order valence-electron chi connectivity index (χ0n) is 18.7. The Morgan fingerprint density at radius 2 is 1.70 bits per heavy atom. The molecule has 4 aromatic rings. The average Bonchev–Trinajstić information content (AvgIpc) is 3.25. The highest BCUT2D eigenvalue weighted by Crippen LogP contribution is 2.24. The van der Waals surface area contributed by atoms with E-state index in [9.17, 15) is 9.59 Å². The number of aryl methyl sites for hydroxylation is 2. The highest BCUT2D eigenvalue weighted by Gasteiger charge is 2.25. The van der Waals surface area contributed by atoms with E-state index < -0.39 is 0 Å². The maximum absolute atomic E-state index is 13.4. The van der Waals surface area contributed by atoms with Crippen molar-refractivity contribution in [3.05, 3.63) is 98.7 Å². The van der Waals surface area contributed by atoms with Crippen molar-refractivity contribution in [2.24, 2.45) is 7.05 Å². The van der Waals surface area contributed by atoms with Crippen LogP contribution >= 0.6 is 0 Å². The Hall–Kier alpha value is -3.87. The lowest BCUT2D eigenvalue weighted by atomic mass is 10.1. The lowest BCUT2D eigenvalue weighted by Gasteiger charge is -2.29. The molecule has 5 rings (SSSR count). The molecule has 2 aromatic carbocycles. The number of allylic oxidation sites excluding steroid dienone is 1. The maximum atomic E-state index is 13.4. The van der Waals surface area contributed by atoms with Crippen LogP contribution in [0.4, 0.5) is 5.95 Å². The third-order valence-corrected chi connectivity index (χ3v) is 6.22. The zero-order valence-corrected chi connectivity index (χ0v) is 18.7. The molecule has 7 heteroatoms. The summed E-state index contributed by atoms with van der Waals surface area (Å²) in [5, 5.41) is 0. The Morgan fingerprint density at radius 1 is 0.970 bits per heavy atom. The van der Waals surface area contributed by atoms with Crippen LogP contribution < -0.4 is 16.1 Å². The van der Waals surface area contributed by atoms with Crippen LogP contribution in [0.2, 0.25) is 0 Å². The Bertz CT molecular complexity index is 1410. The van der Waals surface area contributed by atoms with Crippen molar-refractivity contribution in [1.82, 2.24) is 18.7 Å². The van der Waals surface area contributed by atoms with Crippen molar-refractivity contribution in [2.45, 2.75) is 25.9 Å². The Morgan fingerprint density at radius 3 is 2.45 bits per heavy atom. The summed E-state index contributed by atoms with van der Waals surface area (Å²) < 4.78 is 4.77. The maximum Gasteiger partial charge on any atom is 0.332 e. The van der Waals surface area contributed by atoms with Crippen molar-refractivity contribution < 1.29 is 0 Å². The molecule has 0 fully saturated rings. The first-order chi connectivity index (χ1) is 16.1. The summed E-state index contributed by atoms with van der Waals surface area (Å²) >= 11 is 0. The van der Waals surface area contributed by atoms with Crippen molar-refractivity contribution >= 4 is 23.2 Å².